The highest BCUT2D eigenvalue weighted by atomic mass is 14.9. The molecule has 0 N–H and O–H groups in total. The molecule has 0 fully saturated rings. The first-order chi connectivity index (χ1) is 26.0. The zero-order valence-electron chi connectivity index (χ0n) is 29.6. The monoisotopic (exact) mass is 677 g/mol. The van der Waals surface area contributed by atoms with E-state index in [4.69, 9.17) is 9.97 Å². The van der Waals surface area contributed by atoms with Gasteiger partial charge in [0.1, 0.15) is 0 Å². The molecule has 0 radical (unpaired) electrons. The topological polar surface area (TPSA) is 49.6 Å². The molecule has 3 heteroatoms. The standard InChI is InChI=1S/C50H35N3/c1-50(2)44-29-20-33(32-51)30-43(44)48-41(18-11-19-45(48)50)37-25-21-34(22-26-37)35-23-27-39(28-24-35)49-52-46(38-14-7-4-8-15-38)31-47(53-49)42-17-10-9-16-40(42)36-12-5-3-6-13-36/h3-31H,1-2H3. The van der Waals surface area contributed by atoms with E-state index >= 15 is 0 Å². The van der Waals surface area contributed by atoms with Crippen LogP contribution in [0.4, 0.5) is 0 Å². The van der Waals surface area contributed by atoms with Crippen molar-refractivity contribution < 1.29 is 0 Å². The van der Waals surface area contributed by atoms with E-state index in [0.29, 0.717) is 11.4 Å². The van der Waals surface area contributed by atoms with Gasteiger partial charge in [0.05, 0.1) is 23.0 Å². The minimum absolute atomic E-state index is 0.132. The van der Waals surface area contributed by atoms with Crippen LogP contribution in [0.3, 0.4) is 0 Å². The lowest BCUT2D eigenvalue weighted by atomic mass is 9.82. The van der Waals surface area contributed by atoms with E-state index in [0.717, 1.165) is 61.5 Å². The second-order valence-corrected chi connectivity index (χ2v) is 14.1. The van der Waals surface area contributed by atoms with Crippen molar-refractivity contribution in [1.29, 1.82) is 5.26 Å². The van der Waals surface area contributed by atoms with Crippen LogP contribution in [0.2, 0.25) is 0 Å². The van der Waals surface area contributed by atoms with Crippen molar-refractivity contribution in [3.8, 4) is 84.5 Å². The molecule has 0 saturated carbocycles. The smallest absolute Gasteiger partial charge is 0.160 e. The van der Waals surface area contributed by atoms with Crippen LogP contribution in [-0.4, -0.2) is 9.97 Å². The van der Waals surface area contributed by atoms with Crippen molar-refractivity contribution >= 4 is 0 Å². The fourth-order valence-corrected chi connectivity index (χ4v) is 7.82. The Balaban J connectivity index is 1.07. The number of rotatable bonds is 6. The van der Waals surface area contributed by atoms with Gasteiger partial charge in [-0.15, -0.1) is 0 Å². The number of aromatic nitrogens is 2. The predicted octanol–water partition coefficient (Wildman–Crippen LogP) is 12.7. The highest BCUT2D eigenvalue weighted by Crippen LogP contribution is 2.52. The van der Waals surface area contributed by atoms with E-state index in [1.807, 2.05) is 36.4 Å². The molecule has 0 bridgehead atoms. The third-order valence-electron chi connectivity index (χ3n) is 10.6. The second-order valence-electron chi connectivity index (χ2n) is 14.1. The largest absolute Gasteiger partial charge is 0.228 e. The van der Waals surface area contributed by atoms with Crippen molar-refractivity contribution in [2.45, 2.75) is 19.3 Å². The third kappa shape index (κ3) is 5.72. The van der Waals surface area contributed by atoms with Gasteiger partial charge >= 0.3 is 0 Å². The Kier molecular flexibility index (Phi) is 7.87. The first kappa shape index (κ1) is 32.0. The normalized spacial score (nSPS) is 12.5. The van der Waals surface area contributed by atoms with E-state index < -0.39 is 0 Å². The number of hydrogen-bond donors (Lipinski definition) is 0. The van der Waals surface area contributed by atoms with Crippen molar-refractivity contribution in [1.82, 2.24) is 9.97 Å². The quantitative estimate of drug-likeness (QED) is 0.176. The molecule has 0 atom stereocenters. The molecule has 1 aliphatic rings. The van der Waals surface area contributed by atoms with Gasteiger partial charge in [0.2, 0.25) is 0 Å². The maximum absolute atomic E-state index is 9.67. The Morgan fingerprint density at radius 3 is 1.64 bits per heavy atom. The summed E-state index contributed by atoms with van der Waals surface area (Å²) in [7, 11) is 0. The molecular weight excluding hydrogens is 643 g/mol. The van der Waals surface area contributed by atoms with Gasteiger partial charge in [0.15, 0.2) is 5.82 Å². The highest BCUT2D eigenvalue weighted by Gasteiger charge is 2.37. The molecule has 1 aromatic heterocycles. The summed E-state index contributed by atoms with van der Waals surface area (Å²) in [5.41, 5.74) is 17.2. The molecule has 0 aliphatic heterocycles. The molecule has 9 rings (SSSR count). The van der Waals surface area contributed by atoms with Crippen LogP contribution < -0.4 is 0 Å². The Labute approximate surface area is 310 Å². The summed E-state index contributed by atoms with van der Waals surface area (Å²) in [5.74, 6) is 0.687. The molecule has 3 nitrogen and oxygen atoms in total. The summed E-state index contributed by atoms with van der Waals surface area (Å²) in [5, 5.41) is 9.67. The third-order valence-corrected chi connectivity index (χ3v) is 10.6. The van der Waals surface area contributed by atoms with Crippen molar-refractivity contribution in [3.63, 3.8) is 0 Å². The van der Waals surface area contributed by atoms with Crippen LogP contribution in [0.15, 0.2) is 176 Å². The van der Waals surface area contributed by atoms with Crippen LogP contribution >= 0.6 is 0 Å². The average Bonchev–Trinajstić information content (AvgIpc) is 3.46. The fourth-order valence-electron chi connectivity index (χ4n) is 7.82. The minimum atomic E-state index is -0.132. The lowest BCUT2D eigenvalue weighted by molar-refractivity contribution is 0.660. The Hall–Kier alpha value is -6.89. The molecule has 1 aliphatic carbocycles. The summed E-state index contributed by atoms with van der Waals surface area (Å²) >= 11 is 0. The van der Waals surface area contributed by atoms with Gasteiger partial charge in [0.25, 0.3) is 0 Å². The van der Waals surface area contributed by atoms with Gasteiger partial charge in [-0.2, -0.15) is 5.26 Å². The number of nitriles is 1. The highest BCUT2D eigenvalue weighted by molar-refractivity contribution is 5.93. The van der Waals surface area contributed by atoms with Gasteiger partial charge in [-0.1, -0.05) is 172 Å². The predicted molar refractivity (Wildman–Crippen MR) is 217 cm³/mol. The first-order valence-electron chi connectivity index (χ1n) is 18.0. The van der Waals surface area contributed by atoms with Gasteiger partial charge < -0.3 is 0 Å². The molecule has 53 heavy (non-hydrogen) atoms. The molecule has 0 saturated heterocycles. The molecule has 1 heterocycles. The molecule has 0 amide bonds. The average molecular weight is 678 g/mol. The lowest BCUT2D eigenvalue weighted by Gasteiger charge is -2.21. The zero-order valence-corrected chi connectivity index (χ0v) is 29.6. The summed E-state index contributed by atoms with van der Waals surface area (Å²) in [6.45, 7) is 4.54. The number of benzene rings is 7. The molecule has 0 spiro atoms. The Bertz CT molecular complexity index is 2670. The number of fused-ring (bicyclic) bond motifs is 3. The van der Waals surface area contributed by atoms with Crippen LogP contribution in [0.1, 0.15) is 30.5 Å². The van der Waals surface area contributed by atoms with Crippen molar-refractivity contribution in [2.75, 3.05) is 0 Å². The summed E-state index contributed by atoms with van der Waals surface area (Å²) in [4.78, 5) is 10.3. The van der Waals surface area contributed by atoms with Crippen LogP contribution in [0.5, 0.6) is 0 Å². The molecular formula is C50H35N3. The van der Waals surface area contributed by atoms with Gasteiger partial charge in [-0.3, -0.25) is 0 Å². The summed E-state index contributed by atoms with van der Waals surface area (Å²) < 4.78 is 0. The number of hydrogen-bond acceptors (Lipinski definition) is 3. The minimum Gasteiger partial charge on any atom is -0.228 e. The van der Waals surface area contributed by atoms with Crippen molar-refractivity contribution in [2.24, 2.45) is 0 Å². The van der Waals surface area contributed by atoms with Gasteiger partial charge in [-0.25, -0.2) is 9.97 Å². The number of nitrogens with zero attached hydrogens (tertiary/aromatic N) is 3. The Morgan fingerprint density at radius 2 is 0.962 bits per heavy atom. The maximum Gasteiger partial charge on any atom is 0.160 e. The first-order valence-corrected chi connectivity index (χ1v) is 18.0. The molecule has 0 unspecified atom stereocenters. The van der Waals surface area contributed by atoms with Crippen molar-refractivity contribution in [3.05, 3.63) is 193 Å². The van der Waals surface area contributed by atoms with Gasteiger partial charge in [0, 0.05) is 22.1 Å². The van der Waals surface area contributed by atoms with E-state index in [1.54, 1.807) is 0 Å². The van der Waals surface area contributed by atoms with Crippen LogP contribution in [0.25, 0.3) is 78.4 Å². The Morgan fingerprint density at radius 1 is 0.415 bits per heavy atom. The van der Waals surface area contributed by atoms with Crippen LogP contribution in [-0.2, 0) is 5.41 Å². The molecule has 8 aromatic rings. The van der Waals surface area contributed by atoms with Crippen LogP contribution in [0, 0.1) is 11.3 Å². The van der Waals surface area contributed by atoms with E-state index in [-0.39, 0.29) is 5.41 Å². The maximum atomic E-state index is 9.67. The fraction of sp³-hybridized carbons (Fsp3) is 0.0600. The zero-order chi connectivity index (χ0) is 35.9. The molecule has 250 valence electrons. The van der Waals surface area contributed by atoms with Gasteiger partial charge in [-0.05, 0) is 73.8 Å². The van der Waals surface area contributed by atoms with E-state index in [2.05, 4.69) is 159 Å². The second kappa shape index (κ2) is 13.0. The summed E-state index contributed by atoms with van der Waals surface area (Å²) in [6, 6.07) is 63.7. The molecule has 7 aromatic carbocycles. The lowest BCUT2D eigenvalue weighted by Crippen LogP contribution is -2.14. The SMILES string of the molecule is CC1(C)c2ccc(C#N)cc2-c2c(-c3ccc(-c4ccc(-c5nc(-c6ccccc6)cc(-c6ccccc6-c6ccccc6)n5)cc4)cc3)cccc21. The van der Waals surface area contributed by atoms with E-state index in [1.165, 1.54) is 22.3 Å². The van der Waals surface area contributed by atoms with E-state index in [9.17, 15) is 5.26 Å². The summed E-state index contributed by atoms with van der Waals surface area (Å²) in [6.07, 6.45) is 0.